The van der Waals surface area contributed by atoms with E-state index in [0.29, 0.717) is 10.3 Å². The van der Waals surface area contributed by atoms with Crippen LogP contribution >= 0.6 is 22.6 Å². The number of halogens is 1. The van der Waals surface area contributed by atoms with Crippen LogP contribution in [0.4, 0.5) is 0 Å². The Kier molecular flexibility index (Phi) is 6.49. The van der Waals surface area contributed by atoms with Gasteiger partial charge >= 0.3 is 0 Å². The number of likely N-dealkylation sites (tertiary alicyclic amines) is 1. The van der Waals surface area contributed by atoms with Gasteiger partial charge in [-0.05, 0) is 56.8 Å². The molecule has 1 aromatic rings. The smallest absolute Gasteiger partial charge is 0.267 e. The summed E-state index contributed by atoms with van der Waals surface area (Å²) in [7, 11) is -3.67. The molecule has 0 aromatic heterocycles. The van der Waals surface area contributed by atoms with Gasteiger partial charge in [-0.25, -0.2) is 8.42 Å². The fourth-order valence-corrected chi connectivity index (χ4v) is 6.44. The third-order valence-electron chi connectivity index (χ3n) is 5.37. The van der Waals surface area contributed by atoms with Crippen molar-refractivity contribution in [2.75, 3.05) is 30.7 Å². The quantitative estimate of drug-likeness (QED) is 0.491. The molecular formula is C19H27IN2O4S. The molecule has 1 aromatic carbocycles. The van der Waals surface area contributed by atoms with E-state index < -0.39 is 20.9 Å². The van der Waals surface area contributed by atoms with Crippen molar-refractivity contribution in [1.82, 2.24) is 4.90 Å². The molecule has 1 saturated heterocycles. The third-order valence-corrected chi connectivity index (χ3v) is 7.91. The lowest BCUT2D eigenvalue weighted by molar-refractivity contribution is 0.0847. The largest absolute Gasteiger partial charge is 0.472 e. The average Bonchev–Trinajstić information content (AvgIpc) is 2.61. The second kappa shape index (κ2) is 8.34. The summed E-state index contributed by atoms with van der Waals surface area (Å²) in [5.41, 5.74) is 1.10. The standard InChI is InChI=1S/C19H27IN2O4S/c1-19(2)18(27(24,25)21-17(13-20)26-19)16-5-3-14(4-6-16)15-7-9-22(10-8-15)11-12-23/h3-6,15,18,23H,7-13H2,1-2H3. The lowest BCUT2D eigenvalue weighted by atomic mass is 9.88. The van der Waals surface area contributed by atoms with Crippen LogP contribution in [0.25, 0.3) is 0 Å². The Bertz CT molecular complexity index is 784. The second-order valence-corrected chi connectivity index (χ2v) is 10.2. The van der Waals surface area contributed by atoms with Crippen molar-refractivity contribution in [2.45, 2.75) is 43.5 Å². The van der Waals surface area contributed by atoms with Crippen molar-refractivity contribution in [3.63, 3.8) is 0 Å². The normalized spacial score (nSPS) is 25.6. The van der Waals surface area contributed by atoms with Gasteiger partial charge in [0, 0.05) is 6.54 Å². The number of hydrogen-bond acceptors (Lipinski definition) is 5. The Morgan fingerprint density at radius 3 is 2.33 bits per heavy atom. The lowest BCUT2D eigenvalue weighted by Gasteiger charge is -2.37. The highest BCUT2D eigenvalue weighted by molar-refractivity contribution is 14.1. The number of aliphatic hydroxyl groups is 1. The first kappa shape index (κ1) is 21.0. The van der Waals surface area contributed by atoms with Gasteiger partial charge in [-0.3, -0.25) is 0 Å². The molecule has 8 heteroatoms. The molecule has 27 heavy (non-hydrogen) atoms. The van der Waals surface area contributed by atoms with E-state index in [1.165, 1.54) is 5.56 Å². The minimum Gasteiger partial charge on any atom is -0.472 e. The summed E-state index contributed by atoms with van der Waals surface area (Å²) in [6.07, 6.45) is 2.11. The number of alkyl halides is 1. The number of β-amino-alcohol motifs (C(OH)–C–C–N with tert-alkyl or cyclic N) is 1. The molecule has 1 unspecified atom stereocenters. The maximum atomic E-state index is 12.8. The number of rotatable bonds is 5. The van der Waals surface area contributed by atoms with Gasteiger partial charge in [0.2, 0.25) is 5.90 Å². The molecular weight excluding hydrogens is 479 g/mol. The summed E-state index contributed by atoms with van der Waals surface area (Å²) >= 11 is 2.06. The molecule has 3 rings (SSSR count). The highest BCUT2D eigenvalue weighted by Crippen LogP contribution is 2.41. The van der Waals surface area contributed by atoms with Crippen LogP contribution in [-0.4, -0.2) is 60.6 Å². The van der Waals surface area contributed by atoms with E-state index in [9.17, 15) is 8.42 Å². The van der Waals surface area contributed by atoms with Gasteiger partial charge in [0.05, 0.1) is 11.0 Å². The van der Waals surface area contributed by atoms with E-state index in [-0.39, 0.29) is 12.5 Å². The number of sulfonamides is 1. The van der Waals surface area contributed by atoms with Crippen LogP contribution in [0.2, 0.25) is 0 Å². The molecule has 1 atom stereocenters. The summed E-state index contributed by atoms with van der Waals surface area (Å²) in [6, 6.07) is 7.91. The molecule has 1 fully saturated rings. The molecule has 0 spiro atoms. The zero-order valence-corrected chi connectivity index (χ0v) is 18.7. The van der Waals surface area contributed by atoms with Gasteiger partial charge in [0.1, 0.15) is 10.9 Å². The Labute approximate surface area is 175 Å². The van der Waals surface area contributed by atoms with E-state index in [0.717, 1.165) is 38.0 Å². The number of ether oxygens (including phenoxy) is 1. The number of hydrogen-bond donors (Lipinski definition) is 1. The van der Waals surface area contributed by atoms with Crippen LogP contribution in [0.5, 0.6) is 0 Å². The summed E-state index contributed by atoms with van der Waals surface area (Å²) < 4.78 is 35.6. The minimum atomic E-state index is -3.67. The van der Waals surface area contributed by atoms with E-state index in [4.69, 9.17) is 9.84 Å². The van der Waals surface area contributed by atoms with Crippen LogP contribution in [0.1, 0.15) is 49.0 Å². The lowest BCUT2D eigenvalue weighted by Crippen LogP contribution is -2.43. The molecule has 150 valence electrons. The van der Waals surface area contributed by atoms with Crippen LogP contribution in [0.3, 0.4) is 0 Å². The maximum absolute atomic E-state index is 12.8. The zero-order valence-electron chi connectivity index (χ0n) is 15.8. The number of aliphatic hydroxyl groups excluding tert-OH is 1. The van der Waals surface area contributed by atoms with Gasteiger partial charge in [-0.15, -0.1) is 4.40 Å². The molecule has 0 amide bonds. The predicted octanol–water partition coefficient (Wildman–Crippen LogP) is 2.87. The van der Waals surface area contributed by atoms with Crippen molar-refractivity contribution < 1.29 is 18.3 Å². The van der Waals surface area contributed by atoms with Crippen molar-refractivity contribution >= 4 is 38.5 Å². The number of piperidine rings is 1. The van der Waals surface area contributed by atoms with Gasteiger partial charge in [-0.1, -0.05) is 46.9 Å². The Balaban J connectivity index is 1.78. The van der Waals surface area contributed by atoms with Gasteiger partial charge < -0.3 is 14.7 Å². The van der Waals surface area contributed by atoms with Crippen LogP contribution < -0.4 is 0 Å². The first-order valence-corrected chi connectivity index (χ1v) is 12.3. The van der Waals surface area contributed by atoms with Crippen LogP contribution in [0.15, 0.2) is 28.7 Å². The van der Waals surface area contributed by atoms with Crippen LogP contribution in [-0.2, 0) is 14.8 Å². The average molecular weight is 506 g/mol. The first-order valence-electron chi connectivity index (χ1n) is 9.27. The molecule has 0 radical (unpaired) electrons. The van der Waals surface area contributed by atoms with Gasteiger partial charge in [0.15, 0.2) is 0 Å². The van der Waals surface area contributed by atoms with E-state index >= 15 is 0 Å². The Morgan fingerprint density at radius 1 is 1.22 bits per heavy atom. The highest BCUT2D eigenvalue weighted by atomic mass is 127. The van der Waals surface area contributed by atoms with Crippen molar-refractivity contribution in [3.8, 4) is 0 Å². The summed E-state index contributed by atoms with van der Waals surface area (Å²) in [4.78, 5) is 2.28. The summed E-state index contributed by atoms with van der Waals surface area (Å²) in [6.45, 7) is 6.52. The number of nitrogens with zero attached hydrogens (tertiary/aromatic N) is 2. The van der Waals surface area contributed by atoms with E-state index in [1.807, 2.05) is 24.3 Å². The Morgan fingerprint density at radius 2 is 1.81 bits per heavy atom. The SMILES string of the molecule is CC1(C)OC(CI)=NS(=O)(=O)C1c1ccc(C2CCN(CCO)CC2)cc1. The second-order valence-electron chi connectivity index (χ2n) is 7.73. The first-order chi connectivity index (χ1) is 12.8. The van der Waals surface area contributed by atoms with Crippen molar-refractivity contribution in [3.05, 3.63) is 35.4 Å². The molecule has 2 aliphatic rings. The van der Waals surface area contributed by atoms with Crippen LogP contribution in [0, 0.1) is 0 Å². The van der Waals surface area contributed by atoms with E-state index in [1.54, 1.807) is 13.8 Å². The minimum absolute atomic E-state index is 0.203. The predicted molar refractivity (Wildman–Crippen MR) is 115 cm³/mol. The summed E-state index contributed by atoms with van der Waals surface area (Å²) in [5, 5.41) is 8.25. The van der Waals surface area contributed by atoms with Gasteiger partial charge in [-0.2, -0.15) is 0 Å². The molecule has 2 heterocycles. The highest BCUT2D eigenvalue weighted by Gasteiger charge is 2.46. The van der Waals surface area contributed by atoms with Gasteiger partial charge in [0.25, 0.3) is 10.0 Å². The molecule has 2 aliphatic heterocycles. The molecule has 6 nitrogen and oxygen atoms in total. The fourth-order valence-electron chi connectivity index (χ4n) is 4.13. The Hall–Kier alpha value is -0.710. The van der Waals surface area contributed by atoms with Crippen molar-refractivity contribution in [1.29, 1.82) is 0 Å². The third kappa shape index (κ3) is 4.65. The zero-order chi connectivity index (χ0) is 19.7. The molecule has 0 bridgehead atoms. The van der Waals surface area contributed by atoms with Crippen molar-refractivity contribution in [2.24, 2.45) is 4.40 Å². The monoisotopic (exact) mass is 506 g/mol. The summed E-state index contributed by atoms with van der Waals surface area (Å²) in [5.74, 6) is 0.743. The number of benzene rings is 1. The fraction of sp³-hybridized carbons (Fsp3) is 0.632. The maximum Gasteiger partial charge on any atom is 0.267 e. The molecule has 0 aliphatic carbocycles. The molecule has 0 saturated carbocycles. The van der Waals surface area contributed by atoms with E-state index in [2.05, 4.69) is 31.9 Å². The molecule has 1 N–H and O–H groups in total. The topological polar surface area (TPSA) is 79.2 Å².